The van der Waals surface area contributed by atoms with E-state index in [9.17, 15) is 10.2 Å². The lowest BCUT2D eigenvalue weighted by Gasteiger charge is -2.55. The van der Waals surface area contributed by atoms with Gasteiger partial charge in [-0.2, -0.15) is 0 Å². The standard InChI is InChI=1S/C30H57NO2/c1-6-10-25-26-16-15-23(13-9-14-28(33)22-11-8-12-22)29(26,5)19-18-27(25)30(31,21(3)4)20-17-24(32)7-2/h21-28,32-33H,6-20,31H2,1-5H3. The Hall–Kier alpha value is -0.120. The van der Waals surface area contributed by atoms with Crippen LogP contribution in [-0.2, 0) is 0 Å². The van der Waals surface area contributed by atoms with Crippen LogP contribution < -0.4 is 5.73 Å². The molecule has 0 heterocycles. The molecule has 0 radical (unpaired) electrons. The summed E-state index contributed by atoms with van der Waals surface area (Å²) in [6.45, 7) is 11.7. The Morgan fingerprint density at radius 1 is 1.00 bits per heavy atom. The summed E-state index contributed by atoms with van der Waals surface area (Å²) in [5.74, 6) is 3.98. The van der Waals surface area contributed by atoms with Crippen LogP contribution in [-0.4, -0.2) is 28.0 Å². The molecule has 3 saturated carbocycles. The molecule has 0 aromatic carbocycles. The molecule has 0 aromatic heterocycles. The molecule has 0 aliphatic heterocycles. The lowest BCUT2D eigenvalue weighted by Crippen LogP contribution is -2.58. The summed E-state index contributed by atoms with van der Waals surface area (Å²) in [6.07, 6.45) is 17.6. The topological polar surface area (TPSA) is 66.5 Å². The minimum absolute atomic E-state index is 0.0466. The van der Waals surface area contributed by atoms with Crippen molar-refractivity contribution in [1.82, 2.24) is 0 Å². The summed E-state index contributed by atoms with van der Waals surface area (Å²) in [5.41, 5.74) is 7.61. The van der Waals surface area contributed by atoms with Gasteiger partial charge in [-0.3, -0.25) is 0 Å². The first-order valence-corrected chi connectivity index (χ1v) is 14.8. The lowest BCUT2D eigenvalue weighted by atomic mass is 9.51. The molecule has 3 aliphatic carbocycles. The summed E-state index contributed by atoms with van der Waals surface area (Å²) < 4.78 is 0. The van der Waals surface area contributed by atoms with Crippen LogP contribution >= 0.6 is 0 Å². The van der Waals surface area contributed by atoms with Gasteiger partial charge >= 0.3 is 0 Å². The van der Waals surface area contributed by atoms with Crippen molar-refractivity contribution in [1.29, 1.82) is 0 Å². The van der Waals surface area contributed by atoms with Crippen molar-refractivity contribution in [3.05, 3.63) is 0 Å². The van der Waals surface area contributed by atoms with Crippen LogP contribution in [0.3, 0.4) is 0 Å². The van der Waals surface area contributed by atoms with Gasteiger partial charge in [-0.05, 0) is 112 Å². The molecule has 8 atom stereocenters. The third-order valence-electron chi connectivity index (χ3n) is 11.1. The predicted octanol–water partition coefficient (Wildman–Crippen LogP) is 7.08. The highest BCUT2D eigenvalue weighted by molar-refractivity contribution is 5.08. The summed E-state index contributed by atoms with van der Waals surface area (Å²) in [4.78, 5) is 0. The molecule has 0 bridgehead atoms. The number of rotatable bonds is 13. The summed E-state index contributed by atoms with van der Waals surface area (Å²) in [6, 6.07) is 0. The quantitative estimate of drug-likeness (QED) is 0.273. The normalized spacial score (nSPS) is 36.3. The van der Waals surface area contributed by atoms with E-state index in [1.807, 2.05) is 0 Å². The molecule has 3 aliphatic rings. The maximum Gasteiger partial charge on any atom is 0.0568 e. The van der Waals surface area contributed by atoms with Gasteiger partial charge in [0.05, 0.1) is 12.2 Å². The van der Waals surface area contributed by atoms with Crippen molar-refractivity contribution in [3.63, 3.8) is 0 Å². The third-order valence-corrected chi connectivity index (χ3v) is 11.1. The van der Waals surface area contributed by atoms with Gasteiger partial charge in [0.15, 0.2) is 0 Å². The first-order valence-electron chi connectivity index (χ1n) is 14.8. The Kier molecular flexibility index (Phi) is 9.77. The molecule has 0 saturated heterocycles. The maximum absolute atomic E-state index is 10.5. The Labute approximate surface area is 205 Å². The van der Waals surface area contributed by atoms with Crippen LogP contribution in [0.5, 0.6) is 0 Å². The average Bonchev–Trinajstić information content (AvgIpc) is 3.07. The van der Waals surface area contributed by atoms with Gasteiger partial charge in [-0.15, -0.1) is 0 Å². The third kappa shape index (κ3) is 5.83. The number of nitrogens with two attached hydrogens (primary N) is 1. The van der Waals surface area contributed by atoms with Crippen LogP contribution in [0.4, 0.5) is 0 Å². The van der Waals surface area contributed by atoms with E-state index in [0.717, 1.165) is 43.4 Å². The molecule has 0 amide bonds. The predicted molar refractivity (Wildman–Crippen MR) is 140 cm³/mol. The average molecular weight is 464 g/mol. The molecular weight excluding hydrogens is 406 g/mol. The number of aliphatic hydroxyl groups is 2. The lowest BCUT2D eigenvalue weighted by molar-refractivity contribution is -0.0402. The second-order valence-corrected chi connectivity index (χ2v) is 13.0. The summed E-state index contributed by atoms with van der Waals surface area (Å²) in [5, 5.41) is 20.8. The minimum Gasteiger partial charge on any atom is -0.393 e. The Balaban J connectivity index is 1.68. The fourth-order valence-corrected chi connectivity index (χ4v) is 8.43. The highest BCUT2D eigenvalue weighted by Crippen LogP contribution is 2.63. The number of hydrogen-bond acceptors (Lipinski definition) is 3. The molecule has 4 N–H and O–H groups in total. The van der Waals surface area contributed by atoms with Crippen LogP contribution in [0.15, 0.2) is 0 Å². The zero-order valence-electron chi connectivity index (χ0n) is 22.7. The van der Waals surface area contributed by atoms with Gasteiger partial charge in [-0.25, -0.2) is 0 Å². The van der Waals surface area contributed by atoms with E-state index in [1.165, 1.54) is 70.6 Å². The van der Waals surface area contributed by atoms with E-state index in [4.69, 9.17) is 5.73 Å². The zero-order valence-corrected chi connectivity index (χ0v) is 22.7. The molecule has 3 rings (SSSR count). The maximum atomic E-state index is 10.5. The van der Waals surface area contributed by atoms with E-state index in [0.29, 0.717) is 23.2 Å². The molecule has 3 heteroatoms. The molecule has 3 fully saturated rings. The Bertz CT molecular complexity index is 590. The molecule has 33 heavy (non-hydrogen) atoms. The second-order valence-electron chi connectivity index (χ2n) is 13.0. The smallest absolute Gasteiger partial charge is 0.0568 e. The van der Waals surface area contributed by atoms with Crippen molar-refractivity contribution >= 4 is 0 Å². The molecule has 8 unspecified atom stereocenters. The van der Waals surface area contributed by atoms with Crippen molar-refractivity contribution in [2.75, 3.05) is 0 Å². The van der Waals surface area contributed by atoms with Gasteiger partial charge in [-0.1, -0.05) is 60.3 Å². The van der Waals surface area contributed by atoms with Crippen molar-refractivity contribution in [2.45, 2.75) is 149 Å². The number of fused-ring (bicyclic) bond motifs is 1. The molecule has 0 spiro atoms. The van der Waals surface area contributed by atoms with Crippen molar-refractivity contribution < 1.29 is 10.2 Å². The molecule has 194 valence electrons. The SMILES string of the molecule is CCCC1C2CCC(CCCC(O)C3CCC3)C2(C)CCC1C(N)(CCC(O)CC)C(C)C. The van der Waals surface area contributed by atoms with E-state index in [-0.39, 0.29) is 17.7 Å². The van der Waals surface area contributed by atoms with Gasteiger partial charge in [0.2, 0.25) is 0 Å². The van der Waals surface area contributed by atoms with E-state index in [2.05, 4.69) is 34.6 Å². The molecule has 0 aromatic rings. The Morgan fingerprint density at radius 2 is 1.73 bits per heavy atom. The minimum atomic E-state index is -0.212. The first kappa shape index (κ1) is 27.5. The Morgan fingerprint density at radius 3 is 2.30 bits per heavy atom. The summed E-state index contributed by atoms with van der Waals surface area (Å²) in [7, 11) is 0. The van der Waals surface area contributed by atoms with E-state index >= 15 is 0 Å². The van der Waals surface area contributed by atoms with Crippen LogP contribution in [0, 0.1) is 40.9 Å². The first-order chi connectivity index (χ1) is 15.7. The highest BCUT2D eigenvalue weighted by Gasteiger charge is 2.56. The second kappa shape index (κ2) is 11.7. The monoisotopic (exact) mass is 463 g/mol. The van der Waals surface area contributed by atoms with E-state index < -0.39 is 0 Å². The largest absolute Gasteiger partial charge is 0.393 e. The van der Waals surface area contributed by atoms with Crippen LogP contribution in [0.1, 0.15) is 131 Å². The van der Waals surface area contributed by atoms with Crippen LogP contribution in [0.2, 0.25) is 0 Å². The van der Waals surface area contributed by atoms with Crippen molar-refractivity contribution in [3.8, 4) is 0 Å². The zero-order chi connectivity index (χ0) is 24.2. The fraction of sp³-hybridized carbons (Fsp3) is 1.00. The van der Waals surface area contributed by atoms with Gasteiger partial charge in [0.25, 0.3) is 0 Å². The summed E-state index contributed by atoms with van der Waals surface area (Å²) >= 11 is 0. The van der Waals surface area contributed by atoms with Crippen LogP contribution in [0.25, 0.3) is 0 Å². The highest BCUT2D eigenvalue weighted by atomic mass is 16.3. The van der Waals surface area contributed by atoms with Gasteiger partial charge < -0.3 is 15.9 Å². The fourth-order valence-electron chi connectivity index (χ4n) is 8.43. The molecule has 3 nitrogen and oxygen atoms in total. The van der Waals surface area contributed by atoms with Crippen molar-refractivity contribution in [2.24, 2.45) is 46.7 Å². The number of hydrogen-bond donors (Lipinski definition) is 3. The number of aliphatic hydroxyl groups excluding tert-OH is 2. The van der Waals surface area contributed by atoms with E-state index in [1.54, 1.807) is 0 Å². The van der Waals surface area contributed by atoms with Gasteiger partial charge in [0.1, 0.15) is 0 Å². The molecular formula is C30H57NO2. The van der Waals surface area contributed by atoms with Gasteiger partial charge in [0, 0.05) is 5.54 Å².